The molecule has 8 nitrogen and oxygen atoms in total. The third-order valence-corrected chi connectivity index (χ3v) is 5.24. The Kier molecular flexibility index (Phi) is 6.57. The van der Waals surface area contributed by atoms with E-state index in [0.29, 0.717) is 16.5 Å². The predicted octanol–water partition coefficient (Wildman–Crippen LogP) is 2.58. The highest BCUT2D eigenvalue weighted by Gasteiger charge is 2.58. The highest BCUT2D eigenvalue weighted by Crippen LogP contribution is 2.43. The standard InChI is InChI=1S/C23H24ClN3O5/c1-23(2,3)27(16-10-6-5-7-11-16)19(21(29)30)20(26-22(27)31-4)25-18(28)14-32-17-12-8-9-15(24)13-17/h5-13H,14H2,1-4H3,(H-,25,28,29,30). The Bertz CT molecular complexity index is 1090. The quantitative estimate of drug-likeness (QED) is 0.672. The van der Waals surface area contributed by atoms with Crippen molar-refractivity contribution in [2.75, 3.05) is 13.7 Å². The van der Waals surface area contributed by atoms with Crippen molar-refractivity contribution < 1.29 is 24.2 Å². The summed E-state index contributed by atoms with van der Waals surface area (Å²) < 4.78 is 10.6. The number of aliphatic carboxylic acids is 1. The second-order valence-electron chi connectivity index (χ2n) is 8.05. The number of carboxylic acids is 1. The Hall–Kier alpha value is -3.36. The van der Waals surface area contributed by atoms with E-state index in [9.17, 15) is 14.7 Å². The molecule has 2 aromatic carbocycles. The largest absolute Gasteiger partial charge is 0.540 e. The summed E-state index contributed by atoms with van der Waals surface area (Å²) in [5.41, 5.74) is -0.397. The number of carbonyl (C=O) groups excluding carboxylic acids is 2. The van der Waals surface area contributed by atoms with Gasteiger partial charge in [0.25, 0.3) is 5.91 Å². The number of ether oxygens (including phenoxy) is 2. The molecule has 1 heterocycles. The van der Waals surface area contributed by atoms with Gasteiger partial charge in [-0.15, -0.1) is 4.99 Å². The number of carboxylic acid groups (broad SMARTS) is 1. The van der Waals surface area contributed by atoms with Crippen LogP contribution in [0.3, 0.4) is 0 Å². The highest BCUT2D eigenvalue weighted by atomic mass is 35.5. The molecule has 1 unspecified atom stereocenters. The molecule has 1 N–H and O–H groups in total. The van der Waals surface area contributed by atoms with Crippen LogP contribution in [0.4, 0.5) is 5.69 Å². The van der Waals surface area contributed by atoms with Crippen LogP contribution in [0.1, 0.15) is 20.8 Å². The number of amidine groups is 1. The van der Waals surface area contributed by atoms with Crippen molar-refractivity contribution in [2.24, 2.45) is 4.99 Å². The van der Waals surface area contributed by atoms with Gasteiger partial charge in [0.05, 0.1) is 7.11 Å². The monoisotopic (exact) mass is 457 g/mol. The zero-order chi connectivity index (χ0) is 23.5. The molecule has 0 bridgehead atoms. The first-order valence-electron chi connectivity index (χ1n) is 9.83. The minimum absolute atomic E-state index is 0.0916. The summed E-state index contributed by atoms with van der Waals surface area (Å²) in [7, 11) is 1.40. The summed E-state index contributed by atoms with van der Waals surface area (Å²) in [6.45, 7) is 5.18. The zero-order valence-corrected chi connectivity index (χ0v) is 19.0. The molecule has 0 saturated carbocycles. The van der Waals surface area contributed by atoms with Crippen LogP contribution in [0.25, 0.3) is 0 Å². The van der Waals surface area contributed by atoms with E-state index < -0.39 is 17.4 Å². The van der Waals surface area contributed by atoms with Gasteiger partial charge in [0.1, 0.15) is 22.9 Å². The molecule has 3 rings (SSSR count). The lowest BCUT2D eigenvalue weighted by Crippen LogP contribution is -2.66. The van der Waals surface area contributed by atoms with E-state index in [4.69, 9.17) is 21.1 Å². The number of benzene rings is 2. The maximum atomic E-state index is 12.6. The lowest BCUT2D eigenvalue weighted by molar-refractivity contribution is -0.301. The normalized spacial score (nSPS) is 18.2. The summed E-state index contributed by atoms with van der Waals surface area (Å²) in [6, 6.07) is 15.6. The molecule has 0 spiro atoms. The van der Waals surface area contributed by atoms with Gasteiger partial charge in [-0.05, 0) is 39.0 Å². The van der Waals surface area contributed by atoms with Crippen LogP contribution in [0.2, 0.25) is 5.02 Å². The number of carbonyl (C=O) groups is 2. The lowest BCUT2D eigenvalue weighted by atomic mass is 9.98. The topological polar surface area (TPSA) is 100 Å². The Labute approximate surface area is 191 Å². The average molecular weight is 458 g/mol. The highest BCUT2D eigenvalue weighted by molar-refractivity contribution is 6.30. The van der Waals surface area contributed by atoms with Gasteiger partial charge in [-0.3, -0.25) is 4.79 Å². The van der Waals surface area contributed by atoms with Crippen LogP contribution in [0.15, 0.2) is 71.1 Å². The Balaban J connectivity index is 2.01. The molecule has 0 fully saturated rings. The van der Waals surface area contributed by atoms with Crippen LogP contribution >= 0.6 is 11.6 Å². The maximum Gasteiger partial charge on any atom is 0.411 e. The third-order valence-electron chi connectivity index (χ3n) is 5.00. The van der Waals surface area contributed by atoms with E-state index in [1.165, 1.54) is 7.11 Å². The molecular weight excluding hydrogens is 434 g/mol. The predicted molar refractivity (Wildman–Crippen MR) is 120 cm³/mol. The first kappa shape index (κ1) is 23.3. The van der Waals surface area contributed by atoms with Gasteiger partial charge in [0.15, 0.2) is 6.61 Å². The number of methoxy groups -OCH3 is 1. The van der Waals surface area contributed by atoms with E-state index in [-0.39, 0.29) is 28.6 Å². The van der Waals surface area contributed by atoms with Crippen molar-refractivity contribution in [3.63, 3.8) is 0 Å². The zero-order valence-electron chi connectivity index (χ0n) is 18.2. The molecule has 1 aliphatic rings. The second-order valence-corrected chi connectivity index (χ2v) is 8.49. The van der Waals surface area contributed by atoms with Crippen LogP contribution in [0, 0.1) is 0 Å². The minimum Gasteiger partial charge on any atom is -0.540 e. The lowest BCUT2D eigenvalue weighted by Gasteiger charge is -2.44. The second kappa shape index (κ2) is 9.02. The van der Waals surface area contributed by atoms with Gasteiger partial charge in [0.2, 0.25) is 11.5 Å². The number of nitrogens with zero attached hydrogens (tertiary/aromatic N) is 2. The molecule has 9 heteroatoms. The van der Waals surface area contributed by atoms with Gasteiger partial charge in [-0.1, -0.05) is 35.9 Å². The van der Waals surface area contributed by atoms with Crippen LogP contribution in [-0.4, -0.2) is 37.2 Å². The Morgan fingerprint density at radius 2 is 1.81 bits per heavy atom. The first-order valence-corrected chi connectivity index (χ1v) is 10.2. The van der Waals surface area contributed by atoms with E-state index in [1.54, 1.807) is 48.5 Å². The molecule has 1 atom stereocenters. The number of quaternary nitrogens is 1. The van der Waals surface area contributed by atoms with Crippen molar-refractivity contribution in [3.8, 4) is 5.75 Å². The fourth-order valence-corrected chi connectivity index (χ4v) is 3.94. The van der Waals surface area contributed by atoms with Crippen LogP contribution in [0.5, 0.6) is 5.75 Å². The van der Waals surface area contributed by atoms with E-state index >= 15 is 0 Å². The Morgan fingerprint density at radius 3 is 2.38 bits per heavy atom. The van der Waals surface area contributed by atoms with Gasteiger partial charge in [0, 0.05) is 17.2 Å². The molecule has 2 aromatic rings. The summed E-state index contributed by atoms with van der Waals surface area (Å²) in [6.07, 6.45) is 0. The molecule has 32 heavy (non-hydrogen) atoms. The molecule has 1 amide bonds. The van der Waals surface area contributed by atoms with Gasteiger partial charge in [-0.2, -0.15) is 4.48 Å². The summed E-state index contributed by atoms with van der Waals surface area (Å²) >= 11 is 5.92. The first-order chi connectivity index (χ1) is 15.1. The van der Waals surface area contributed by atoms with Crippen LogP contribution in [-0.2, 0) is 14.3 Å². The molecule has 0 aromatic heterocycles. The average Bonchev–Trinajstić information content (AvgIpc) is 3.08. The van der Waals surface area contributed by atoms with E-state index in [1.807, 2.05) is 26.8 Å². The number of halogens is 1. The van der Waals surface area contributed by atoms with Gasteiger partial charge < -0.3 is 24.7 Å². The van der Waals surface area contributed by atoms with Crippen LogP contribution < -0.4 is 19.6 Å². The molecule has 168 valence electrons. The molecule has 0 saturated heterocycles. The summed E-state index contributed by atoms with van der Waals surface area (Å²) in [5, 5.41) is 15.4. The van der Waals surface area contributed by atoms with Crippen molar-refractivity contribution in [1.82, 2.24) is 9.80 Å². The fourth-order valence-electron chi connectivity index (χ4n) is 3.76. The number of nitrogens with one attached hydrogen (secondary N) is 1. The SMILES string of the molecule is COC1=NC(NC(=O)COc2cccc(Cl)c2)=C(C(=O)[O-])[N+]1(c1ccccc1)C(C)(C)C. The van der Waals surface area contributed by atoms with Gasteiger partial charge in [-0.25, -0.2) is 0 Å². The van der Waals surface area contributed by atoms with Gasteiger partial charge >= 0.3 is 6.02 Å². The number of amides is 1. The Morgan fingerprint density at radius 1 is 1.12 bits per heavy atom. The number of para-hydroxylation sites is 1. The number of hydrogen-bond acceptors (Lipinski definition) is 6. The summed E-state index contributed by atoms with van der Waals surface area (Å²) in [4.78, 5) is 29.3. The maximum absolute atomic E-state index is 12.6. The number of hydrogen-bond donors (Lipinski definition) is 1. The molecule has 1 aliphatic heterocycles. The molecular formula is C23H24ClN3O5. The smallest absolute Gasteiger partial charge is 0.411 e. The molecule has 0 aliphatic carbocycles. The van der Waals surface area contributed by atoms with Crippen molar-refractivity contribution in [1.29, 1.82) is 0 Å². The van der Waals surface area contributed by atoms with E-state index in [0.717, 1.165) is 0 Å². The van der Waals surface area contributed by atoms with Crippen molar-refractivity contribution in [2.45, 2.75) is 26.3 Å². The fraction of sp³-hybridized carbons (Fsp3) is 0.261. The van der Waals surface area contributed by atoms with Crippen molar-refractivity contribution >= 4 is 35.2 Å². The summed E-state index contributed by atoms with van der Waals surface area (Å²) in [5.74, 6) is -1.84. The van der Waals surface area contributed by atoms with Crippen molar-refractivity contribution in [3.05, 3.63) is 71.1 Å². The van der Waals surface area contributed by atoms with E-state index in [2.05, 4.69) is 10.3 Å². The number of rotatable bonds is 6. The molecule has 0 radical (unpaired) electrons. The number of aliphatic imine (C=N–C) groups is 1. The third kappa shape index (κ3) is 4.19. The minimum atomic E-state index is -1.48.